The molecule has 0 unspecified atom stereocenters. The number of hydrogen-bond donors (Lipinski definition) is 8. The van der Waals surface area contributed by atoms with Crippen LogP contribution in [0.3, 0.4) is 0 Å². The van der Waals surface area contributed by atoms with Crippen molar-refractivity contribution in [3.63, 3.8) is 0 Å². The van der Waals surface area contributed by atoms with Crippen LogP contribution in [0.25, 0.3) is 0 Å². The van der Waals surface area contributed by atoms with Crippen molar-refractivity contribution in [2.24, 2.45) is 0 Å². The Kier molecular flexibility index (Phi) is 6.27. The fourth-order valence-electron chi connectivity index (χ4n) is 2.56. The Balaban J connectivity index is 2.11. The quantitative estimate of drug-likeness (QED) is 0.243. The van der Waals surface area contributed by atoms with Gasteiger partial charge in [-0.3, -0.25) is 0 Å². The van der Waals surface area contributed by atoms with Crippen molar-refractivity contribution in [1.82, 2.24) is 0 Å². The molecule has 10 atom stereocenters. The molecule has 2 aliphatic rings. The fraction of sp³-hybridized carbons (Fsp3) is 1.00. The predicted octanol–water partition coefficient (Wildman–Crippen LogP) is -5.40. The number of rotatable bonds is 4. The second kappa shape index (κ2) is 7.63. The first-order valence-electron chi connectivity index (χ1n) is 7.08. The normalized spacial score (nSPS) is 51.7. The van der Waals surface area contributed by atoms with Crippen LogP contribution in [0.2, 0.25) is 0 Å². The third-order valence-electron chi connectivity index (χ3n) is 3.98. The minimum atomic E-state index is -1.76. The van der Waals surface area contributed by atoms with Gasteiger partial charge < -0.3 is 55.1 Å². The molecule has 2 rings (SSSR count). The Hall–Kier alpha value is -0.440. The van der Waals surface area contributed by atoms with Gasteiger partial charge in [0, 0.05) is 0 Å². The fourth-order valence-corrected chi connectivity index (χ4v) is 2.56. The molecule has 2 aliphatic heterocycles. The molecule has 0 aliphatic carbocycles. The first-order valence-corrected chi connectivity index (χ1v) is 7.08. The van der Waals surface area contributed by atoms with Crippen LogP contribution in [0.5, 0.6) is 0 Å². The van der Waals surface area contributed by atoms with E-state index in [1.807, 2.05) is 0 Å². The highest BCUT2D eigenvalue weighted by atomic mass is 16.7. The lowest BCUT2D eigenvalue weighted by Crippen LogP contribution is -2.64. The van der Waals surface area contributed by atoms with Crippen molar-refractivity contribution >= 4 is 0 Å². The first-order chi connectivity index (χ1) is 10.8. The van der Waals surface area contributed by atoms with Crippen molar-refractivity contribution in [2.75, 3.05) is 13.2 Å². The highest BCUT2D eigenvalue weighted by molar-refractivity contribution is 4.93. The van der Waals surface area contributed by atoms with E-state index in [1.54, 1.807) is 0 Å². The van der Waals surface area contributed by atoms with Gasteiger partial charge in [-0.15, -0.1) is 0 Å². The maximum Gasteiger partial charge on any atom is 0.187 e. The zero-order chi connectivity index (χ0) is 17.3. The standard InChI is InChI=1S/C12H22O11/c13-1-3-5(15)7(17)8(18)12(22-3)23-10-6(16)4(2-14)21-11(20)9(10)19/h3-20H,1-2H2/t3-,4+,5-,6-,7+,8+,9-,10+,11-,12+/m1/s1. The van der Waals surface area contributed by atoms with Crippen LogP contribution >= 0.6 is 0 Å². The number of aliphatic hydroxyl groups excluding tert-OH is 8. The average Bonchev–Trinajstić information content (AvgIpc) is 2.54. The number of ether oxygens (including phenoxy) is 3. The smallest absolute Gasteiger partial charge is 0.187 e. The lowest BCUT2D eigenvalue weighted by molar-refractivity contribution is -0.355. The van der Waals surface area contributed by atoms with Gasteiger partial charge >= 0.3 is 0 Å². The van der Waals surface area contributed by atoms with Gasteiger partial charge in [0.25, 0.3) is 0 Å². The van der Waals surface area contributed by atoms with Gasteiger partial charge in [-0.25, -0.2) is 0 Å². The van der Waals surface area contributed by atoms with E-state index in [0.717, 1.165) is 0 Å². The molecule has 11 nitrogen and oxygen atoms in total. The molecular weight excluding hydrogens is 320 g/mol. The first kappa shape index (κ1) is 18.9. The number of hydrogen-bond acceptors (Lipinski definition) is 11. The lowest BCUT2D eigenvalue weighted by Gasteiger charge is -2.45. The van der Waals surface area contributed by atoms with Gasteiger partial charge in [0.2, 0.25) is 0 Å². The molecule has 8 N–H and O–H groups in total. The molecule has 0 radical (unpaired) electrons. The number of aliphatic hydroxyl groups is 8. The van der Waals surface area contributed by atoms with E-state index < -0.39 is 74.6 Å². The van der Waals surface area contributed by atoms with Crippen molar-refractivity contribution in [3.8, 4) is 0 Å². The van der Waals surface area contributed by atoms with Gasteiger partial charge in [-0.1, -0.05) is 0 Å². The monoisotopic (exact) mass is 342 g/mol. The van der Waals surface area contributed by atoms with Crippen LogP contribution in [0.1, 0.15) is 0 Å². The van der Waals surface area contributed by atoms with Crippen molar-refractivity contribution < 1.29 is 55.1 Å². The van der Waals surface area contributed by atoms with Crippen molar-refractivity contribution in [2.45, 2.75) is 61.4 Å². The van der Waals surface area contributed by atoms with Gasteiger partial charge in [0.1, 0.15) is 48.8 Å². The zero-order valence-corrected chi connectivity index (χ0v) is 12.0. The highest BCUT2D eigenvalue weighted by Gasteiger charge is 2.50. The summed E-state index contributed by atoms with van der Waals surface area (Å²) in [6.45, 7) is -1.34. The van der Waals surface area contributed by atoms with E-state index in [1.165, 1.54) is 0 Å². The SMILES string of the molecule is OC[C@@H]1O[C@@H](O)[C@H](O)[C@@H](O[C@@H]2O[C@H](CO)[C@@H](O)[C@H](O)[C@@H]2O)[C@@H]1O. The molecule has 0 bridgehead atoms. The largest absolute Gasteiger partial charge is 0.394 e. The zero-order valence-electron chi connectivity index (χ0n) is 12.0. The molecule has 0 aromatic rings. The molecule has 11 heteroatoms. The Morgan fingerprint density at radius 3 is 1.78 bits per heavy atom. The minimum absolute atomic E-state index is 0.667. The van der Waals surface area contributed by atoms with E-state index >= 15 is 0 Å². The summed E-state index contributed by atoms with van der Waals surface area (Å²) >= 11 is 0. The van der Waals surface area contributed by atoms with Crippen LogP contribution in [0, 0.1) is 0 Å². The van der Waals surface area contributed by atoms with Crippen LogP contribution in [-0.4, -0.2) is 115 Å². The maximum absolute atomic E-state index is 10.00. The molecule has 23 heavy (non-hydrogen) atoms. The lowest BCUT2D eigenvalue weighted by atomic mass is 9.97. The third-order valence-corrected chi connectivity index (χ3v) is 3.98. The summed E-state index contributed by atoms with van der Waals surface area (Å²) in [4.78, 5) is 0. The molecule has 0 spiro atoms. The summed E-state index contributed by atoms with van der Waals surface area (Å²) < 4.78 is 15.1. The second-order valence-corrected chi connectivity index (χ2v) is 5.53. The van der Waals surface area contributed by atoms with Crippen molar-refractivity contribution in [1.29, 1.82) is 0 Å². The highest BCUT2D eigenvalue weighted by Crippen LogP contribution is 2.28. The molecular formula is C12H22O11. The van der Waals surface area contributed by atoms with Crippen LogP contribution < -0.4 is 0 Å². The molecule has 0 aromatic carbocycles. The van der Waals surface area contributed by atoms with Gasteiger partial charge in [-0.05, 0) is 0 Å². The van der Waals surface area contributed by atoms with E-state index in [0.29, 0.717) is 0 Å². The summed E-state index contributed by atoms with van der Waals surface area (Å²) in [7, 11) is 0. The van der Waals surface area contributed by atoms with E-state index in [9.17, 15) is 30.6 Å². The van der Waals surface area contributed by atoms with E-state index in [4.69, 9.17) is 24.4 Å². The Morgan fingerprint density at radius 1 is 0.652 bits per heavy atom. The van der Waals surface area contributed by atoms with Gasteiger partial charge in [0.15, 0.2) is 12.6 Å². The summed E-state index contributed by atoms with van der Waals surface area (Å²) in [5.74, 6) is 0. The van der Waals surface area contributed by atoms with Crippen LogP contribution in [0.15, 0.2) is 0 Å². The molecule has 0 saturated carbocycles. The summed E-state index contributed by atoms with van der Waals surface area (Å²) in [5, 5.41) is 76.8. The minimum Gasteiger partial charge on any atom is -0.394 e. The molecule has 2 fully saturated rings. The molecule has 0 amide bonds. The molecule has 0 aromatic heterocycles. The van der Waals surface area contributed by atoms with E-state index in [2.05, 4.69) is 0 Å². The molecule has 2 saturated heterocycles. The Morgan fingerprint density at radius 2 is 1.22 bits per heavy atom. The Bertz CT molecular complexity index is 380. The van der Waals surface area contributed by atoms with Crippen LogP contribution in [0.4, 0.5) is 0 Å². The van der Waals surface area contributed by atoms with Crippen LogP contribution in [-0.2, 0) is 14.2 Å². The molecule has 2 heterocycles. The summed E-state index contributed by atoms with van der Waals surface area (Å²) in [6.07, 6.45) is -15.7. The predicted molar refractivity (Wildman–Crippen MR) is 68.6 cm³/mol. The Labute approximate surface area is 130 Å². The summed E-state index contributed by atoms with van der Waals surface area (Å²) in [5.41, 5.74) is 0. The average molecular weight is 342 g/mol. The van der Waals surface area contributed by atoms with Gasteiger partial charge in [0.05, 0.1) is 13.2 Å². The topological polar surface area (TPSA) is 190 Å². The van der Waals surface area contributed by atoms with Gasteiger partial charge in [-0.2, -0.15) is 0 Å². The second-order valence-electron chi connectivity index (χ2n) is 5.53. The third kappa shape index (κ3) is 3.65. The molecule has 136 valence electrons. The van der Waals surface area contributed by atoms with E-state index in [-0.39, 0.29) is 0 Å². The summed E-state index contributed by atoms with van der Waals surface area (Å²) in [6, 6.07) is 0. The maximum atomic E-state index is 10.00. The van der Waals surface area contributed by atoms with Crippen molar-refractivity contribution in [3.05, 3.63) is 0 Å².